The summed E-state index contributed by atoms with van der Waals surface area (Å²) in [5.41, 5.74) is 10.8. The van der Waals surface area contributed by atoms with E-state index in [1.165, 1.54) is 0 Å². The third-order valence-electron chi connectivity index (χ3n) is 1.53. The van der Waals surface area contributed by atoms with Crippen molar-refractivity contribution in [2.75, 3.05) is 6.54 Å². The first kappa shape index (κ1) is 7.94. The number of rotatable bonds is 5. The van der Waals surface area contributed by atoms with Crippen LogP contribution in [0, 0.1) is 0 Å². The molecule has 0 aromatic carbocycles. The number of unbranched alkanes of at least 4 members (excludes halogenated alkanes) is 2. The molecule has 1 rings (SSSR count). The van der Waals surface area contributed by atoms with Crippen LogP contribution in [0.15, 0.2) is 0 Å². The Hall–Kier alpha value is -0.160. The lowest BCUT2D eigenvalue weighted by Gasteiger charge is -1.98. The predicted octanol–water partition coefficient (Wildman–Crippen LogP) is 0.0798. The maximum atomic E-state index is 5.45. The minimum Gasteiger partial charge on any atom is -0.330 e. The quantitative estimate of drug-likeness (QED) is 0.327. The molecule has 0 aromatic heterocycles. The average molecular weight is 146 g/mol. The van der Waals surface area contributed by atoms with Gasteiger partial charge in [-0.25, -0.2) is 0 Å². The molecule has 0 atom stereocenters. The molecule has 1 saturated heterocycles. The molecule has 0 unspecified atom stereocenters. The molecule has 1 aliphatic rings. The van der Waals surface area contributed by atoms with Crippen LogP contribution in [0.4, 0.5) is 0 Å². The second-order valence-corrected chi connectivity index (χ2v) is 2.58. The van der Waals surface area contributed by atoms with Gasteiger partial charge in [0, 0.05) is 6.42 Å². The molecule has 1 fully saturated rings. The van der Waals surface area contributed by atoms with Gasteiger partial charge in [-0.05, 0) is 19.4 Å². The largest absolute Gasteiger partial charge is 0.330 e. The minimum absolute atomic E-state index is 0.741. The van der Waals surface area contributed by atoms with Crippen LogP contribution in [0.25, 0.3) is 0 Å². The second kappa shape index (κ2) is 3.30. The molecule has 0 radical (unpaired) electrons. The van der Waals surface area contributed by atoms with E-state index in [1.807, 2.05) is 0 Å². The topological polar surface area (TPSA) is 77.1 Å². The van der Waals surface area contributed by atoms with Gasteiger partial charge in [0.1, 0.15) is 0 Å². The molecule has 0 aliphatic carbocycles. The Kier molecular flexibility index (Phi) is 2.62. The molecule has 10 heavy (non-hydrogen) atoms. The van der Waals surface area contributed by atoms with E-state index in [-0.39, 0.29) is 0 Å². The van der Waals surface area contributed by atoms with Gasteiger partial charge in [-0.1, -0.05) is 6.42 Å². The summed E-state index contributed by atoms with van der Waals surface area (Å²) in [6.07, 6.45) is 3.94. The van der Waals surface area contributed by atoms with Crippen LogP contribution < -0.4 is 11.5 Å². The Morgan fingerprint density at radius 2 is 1.80 bits per heavy atom. The van der Waals surface area contributed by atoms with Crippen LogP contribution in [0.3, 0.4) is 0 Å². The predicted molar refractivity (Wildman–Crippen MR) is 36.6 cm³/mol. The molecule has 0 bridgehead atoms. The highest BCUT2D eigenvalue weighted by atomic mass is 17.4. The molecule has 4 nitrogen and oxygen atoms in total. The van der Waals surface area contributed by atoms with Gasteiger partial charge in [-0.3, -0.25) is 5.73 Å². The van der Waals surface area contributed by atoms with Gasteiger partial charge in [0.15, 0.2) is 0 Å². The fourth-order valence-corrected chi connectivity index (χ4v) is 0.829. The summed E-state index contributed by atoms with van der Waals surface area (Å²) in [5.74, 6) is -0.741. The number of nitrogens with two attached hydrogens (primary N) is 2. The highest BCUT2D eigenvalue weighted by Gasteiger charge is 2.43. The molecular weight excluding hydrogens is 132 g/mol. The van der Waals surface area contributed by atoms with Crippen molar-refractivity contribution in [2.24, 2.45) is 11.5 Å². The van der Waals surface area contributed by atoms with Crippen molar-refractivity contribution in [3.63, 3.8) is 0 Å². The van der Waals surface area contributed by atoms with Crippen LogP contribution in [0.2, 0.25) is 0 Å². The zero-order chi connectivity index (χ0) is 7.45. The summed E-state index contributed by atoms with van der Waals surface area (Å²) in [6.45, 7) is 0.749. The SMILES string of the molecule is NCCCCCC1(N)OO1. The van der Waals surface area contributed by atoms with Gasteiger partial charge >= 0.3 is 0 Å². The molecule has 0 saturated carbocycles. The van der Waals surface area contributed by atoms with E-state index < -0.39 is 5.91 Å². The van der Waals surface area contributed by atoms with Gasteiger partial charge in [0.05, 0.1) is 0 Å². The van der Waals surface area contributed by atoms with Crippen molar-refractivity contribution in [1.29, 1.82) is 0 Å². The van der Waals surface area contributed by atoms with Gasteiger partial charge in [-0.2, -0.15) is 9.78 Å². The van der Waals surface area contributed by atoms with Crippen LogP contribution >= 0.6 is 0 Å². The summed E-state index contributed by atoms with van der Waals surface area (Å²) in [4.78, 5) is 9.05. The van der Waals surface area contributed by atoms with Crippen LogP contribution in [0.1, 0.15) is 25.7 Å². The molecular formula is C6H14N2O2. The van der Waals surface area contributed by atoms with Crippen molar-refractivity contribution in [2.45, 2.75) is 31.6 Å². The zero-order valence-electron chi connectivity index (χ0n) is 6.01. The van der Waals surface area contributed by atoms with E-state index in [0.29, 0.717) is 0 Å². The minimum atomic E-state index is -0.741. The lowest BCUT2D eigenvalue weighted by molar-refractivity contribution is 0.0850. The first-order valence-corrected chi connectivity index (χ1v) is 3.63. The summed E-state index contributed by atoms with van der Waals surface area (Å²) >= 11 is 0. The molecule has 4 N–H and O–H groups in total. The van der Waals surface area contributed by atoms with Crippen molar-refractivity contribution in [3.8, 4) is 0 Å². The van der Waals surface area contributed by atoms with Crippen molar-refractivity contribution in [1.82, 2.24) is 0 Å². The maximum absolute atomic E-state index is 5.45. The van der Waals surface area contributed by atoms with Crippen LogP contribution in [-0.2, 0) is 9.78 Å². The third-order valence-corrected chi connectivity index (χ3v) is 1.53. The van der Waals surface area contributed by atoms with Crippen LogP contribution in [0.5, 0.6) is 0 Å². The van der Waals surface area contributed by atoms with E-state index in [9.17, 15) is 0 Å². The van der Waals surface area contributed by atoms with Gasteiger partial charge in [0.25, 0.3) is 5.91 Å². The highest BCUT2D eigenvalue weighted by molar-refractivity contribution is 4.64. The molecule has 0 spiro atoms. The Bertz CT molecular complexity index is 104. The molecule has 1 aliphatic heterocycles. The smallest absolute Gasteiger partial charge is 0.285 e. The van der Waals surface area contributed by atoms with E-state index >= 15 is 0 Å². The number of hydrogen-bond donors (Lipinski definition) is 2. The first-order valence-electron chi connectivity index (χ1n) is 3.63. The summed E-state index contributed by atoms with van der Waals surface area (Å²) in [5, 5.41) is 0. The monoisotopic (exact) mass is 146 g/mol. The maximum Gasteiger partial charge on any atom is 0.285 e. The normalized spacial score (nSPS) is 21.0. The fourth-order valence-electron chi connectivity index (χ4n) is 0.829. The fraction of sp³-hybridized carbons (Fsp3) is 1.00. The molecule has 0 aromatic rings. The van der Waals surface area contributed by atoms with Crippen molar-refractivity contribution < 1.29 is 9.78 Å². The van der Waals surface area contributed by atoms with E-state index in [2.05, 4.69) is 9.78 Å². The third kappa shape index (κ3) is 2.62. The average Bonchev–Trinajstić information content (AvgIpc) is 2.62. The van der Waals surface area contributed by atoms with Gasteiger partial charge in [-0.15, -0.1) is 0 Å². The van der Waals surface area contributed by atoms with E-state index in [0.717, 1.165) is 32.2 Å². The summed E-state index contributed by atoms with van der Waals surface area (Å²) in [7, 11) is 0. The lowest BCUT2D eigenvalue weighted by atomic mass is 10.2. The van der Waals surface area contributed by atoms with Crippen LogP contribution in [-0.4, -0.2) is 12.5 Å². The highest BCUT2D eigenvalue weighted by Crippen LogP contribution is 2.28. The van der Waals surface area contributed by atoms with E-state index in [4.69, 9.17) is 11.5 Å². The Morgan fingerprint density at radius 3 is 2.30 bits per heavy atom. The Morgan fingerprint density at radius 1 is 1.10 bits per heavy atom. The standard InChI is InChI=1S/C6H14N2O2/c7-5-3-1-2-4-6(8)9-10-6/h1-5,7-8H2. The molecule has 4 heteroatoms. The van der Waals surface area contributed by atoms with Gasteiger partial charge in [0.2, 0.25) is 0 Å². The van der Waals surface area contributed by atoms with Gasteiger partial charge < -0.3 is 5.73 Å². The first-order chi connectivity index (χ1) is 4.77. The lowest BCUT2D eigenvalue weighted by Crippen LogP contribution is -2.22. The van der Waals surface area contributed by atoms with E-state index in [1.54, 1.807) is 0 Å². The number of hydrogen-bond acceptors (Lipinski definition) is 4. The second-order valence-electron chi connectivity index (χ2n) is 2.58. The van der Waals surface area contributed by atoms with Crippen molar-refractivity contribution in [3.05, 3.63) is 0 Å². The summed E-state index contributed by atoms with van der Waals surface area (Å²) < 4.78 is 0. The Balaban J connectivity index is 1.86. The molecule has 60 valence electrons. The molecule has 0 amide bonds. The molecule has 1 heterocycles. The van der Waals surface area contributed by atoms with Crippen molar-refractivity contribution >= 4 is 0 Å². The zero-order valence-corrected chi connectivity index (χ0v) is 6.01. The Labute approximate surface area is 60.4 Å². The summed E-state index contributed by atoms with van der Waals surface area (Å²) in [6, 6.07) is 0.